The number of nitrogens with one attached hydrogen (secondary N) is 1. The smallest absolute Gasteiger partial charge is 0.309 e. The number of carboxylic acid groups (broad SMARTS) is 1. The average molecular weight is 533 g/mol. The van der Waals surface area contributed by atoms with Crippen LogP contribution in [-0.2, 0) is 9.59 Å². The summed E-state index contributed by atoms with van der Waals surface area (Å²) in [6.45, 7) is 0. The van der Waals surface area contributed by atoms with Crippen molar-refractivity contribution in [2.24, 2.45) is 11.8 Å². The molecule has 0 aromatic heterocycles. The summed E-state index contributed by atoms with van der Waals surface area (Å²) in [6, 6.07) is 4.51. The lowest BCUT2D eigenvalue weighted by atomic mass is 9.81. The van der Waals surface area contributed by atoms with E-state index in [0.717, 1.165) is 0 Å². The quantitative estimate of drug-likeness (QED) is 0.463. The molecule has 1 saturated carbocycles. The van der Waals surface area contributed by atoms with Crippen molar-refractivity contribution < 1.29 is 14.7 Å². The molecule has 2 aliphatic rings. The van der Waals surface area contributed by atoms with Gasteiger partial charge in [-0.25, -0.2) is 0 Å². The van der Waals surface area contributed by atoms with E-state index in [2.05, 4.69) is 5.32 Å². The zero-order valence-electron chi connectivity index (χ0n) is 12.7. The summed E-state index contributed by atoms with van der Waals surface area (Å²) in [7, 11) is 0. The Labute approximate surface area is 193 Å². The maximum Gasteiger partial charge on any atom is 0.309 e. The van der Waals surface area contributed by atoms with Crippen molar-refractivity contribution in [2.45, 2.75) is 14.1 Å². The molecular formula is C15H7Cl8NO3. The lowest BCUT2D eigenvalue weighted by Gasteiger charge is -2.33. The van der Waals surface area contributed by atoms with Gasteiger partial charge in [-0.1, -0.05) is 75.7 Å². The highest BCUT2D eigenvalue weighted by atomic mass is 35.5. The van der Waals surface area contributed by atoms with Gasteiger partial charge in [-0.05, 0) is 12.1 Å². The number of aliphatic carboxylic acids is 1. The van der Waals surface area contributed by atoms with Gasteiger partial charge in [0, 0.05) is 0 Å². The Hall–Kier alpha value is 0.220. The van der Waals surface area contributed by atoms with Crippen LogP contribution >= 0.6 is 92.8 Å². The molecule has 1 amide bonds. The van der Waals surface area contributed by atoms with Gasteiger partial charge in [0.25, 0.3) is 0 Å². The molecule has 2 bridgehead atoms. The molecule has 4 nitrogen and oxygen atoms in total. The summed E-state index contributed by atoms with van der Waals surface area (Å²) in [6.07, 6.45) is 0. The maximum absolute atomic E-state index is 13.0. The first-order valence-corrected chi connectivity index (χ1v) is 10.1. The van der Waals surface area contributed by atoms with Crippen LogP contribution in [0.1, 0.15) is 0 Å². The fourth-order valence-electron chi connectivity index (χ4n) is 3.44. The van der Waals surface area contributed by atoms with E-state index < -0.39 is 37.8 Å². The first kappa shape index (κ1) is 21.9. The third kappa shape index (κ3) is 2.65. The largest absolute Gasteiger partial charge is 0.481 e. The van der Waals surface area contributed by atoms with Crippen LogP contribution in [0, 0.1) is 11.8 Å². The Balaban J connectivity index is 2.13. The second-order valence-electron chi connectivity index (χ2n) is 6.01. The van der Waals surface area contributed by atoms with E-state index in [1.165, 1.54) is 18.2 Å². The van der Waals surface area contributed by atoms with Crippen molar-refractivity contribution in [3.8, 4) is 0 Å². The Morgan fingerprint density at radius 1 is 0.926 bits per heavy atom. The van der Waals surface area contributed by atoms with Crippen molar-refractivity contribution in [1.82, 2.24) is 0 Å². The summed E-state index contributed by atoms with van der Waals surface area (Å²) in [4.78, 5) is 20.8. The Morgan fingerprint density at radius 3 is 1.96 bits per heavy atom. The molecule has 1 aromatic rings. The summed E-state index contributed by atoms with van der Waals surface area (Å²) < 4.78 is -2.18. The molecule has 2 N–H and O–H groups in total. The van der Waals surface area contributed by atoms with Gasteiger partial charge in [-0.3, -0.25) is 9.59 Å². The minimum atomic E-state index is -2.18. The van der Waals surface area contributed by atoms with E-state index in [-0.39, 0.29) is 25.8 Å². The van der Waals surface area contributed by atoms with Gasteiger partial charge >= 0.3 is 5.97 Å². The normalized spacial score (nSPS) is 34.1. The van der Waals surface area contributed by atoms with E-state index in [0.29, 0.717) is 0 Å². The van der Waals surface area contributed by atoms with Crippen molar-refractivity contribution in [2.75, 3.05) is 5.32 Å². The predicted octanol–water partition coefficient (Wildman–Crippen LogP) is 6.09. The van der Waals surface area contributed by atoms with E-state index >= 15 is 0 Å². The van der Waals surface area contributed by atoms with Gasteiger partial charge in [0.2, 0.25) is 5.91 Å². The molecule has 27 heavy (non-hydrogen) atoms. The second kappa shape index (κ2) is 6.88. The number of fused-ring (bicyclic) bond motifs is 2. The van der Waals surface area contributed by atoms with Crippen LogP contribution in [0.25, 0.3) is 0 Å². The lowest BCUT2D eigenvalue weighted by Crippen LogP contribution is -2.47. The molecule has 0 heterocycles. The van der Waals surface area contributed by atoms with Gasteiger partial charge in [-0.15, -0.1) is 23.2 Å². The topological polar surface area (TPSA) is 66.4 Å². The number of anilines is 1. The molecule has 0 radical (unpaired) electrons. The molecule has 0 unspecified atom stereocenters. The molecule has 4 atom stereocenters. The molecule has 0 spiro atoms. The van der Waals surface area contributed by atoms with Crippen LogP contribution in [-0.4, -0.2) is 31.1 Å². The fraction of sp³-hybridized carbons (Fsp3) is 0.333. The van der Waals surface area contributed by atoms with Crippen molar-refractivity contribution in [1.29, 1.82) is 0 Å². The molecule has 3 rings (SSSR count). The maximum atomic E-state index is 13.0. The zero-order valence-corrected chi connectivity index (χ0v) is 18.7. The summed E-state index contributed by atoms with van der Waals surface area (Å²) >= 11 is 50.0. The number of amides is 1. The van der Waals surface area contributed by atoms with Crippen LogP contribution in [0.4, 0.5) is 5.69 Å². The van der Waals surface area contributed by atoms with E-state index in [9.17, 15) is 14.7 Å². The molecule has 1 aromatic carbocycles. The Morgan fingerprint density at radius 2 is 1.44 bits per heavy atom. The van der Waals surface area contributed by atoms with Gasteiger partial charge in [-0.2, -0.15) is 0 Å². The molecule has 146 valence electrons. The third-order valence-electron chi connectivity index (χ3n) is 4.69. The van der Waals surface area contributed by atoms with E-state index in [1.54, 1.807) is 0 Å². The minimum absolute atomic E-state index is 0.0504. The highest BCUT2D eigenvalue weighted by Crippen LogP contribution is 2.76. The minimum Gasteiger partial charge on any atom is -0.481 e. The highest BCUT2D eigenvalue weighted by Gasteiger charge is 2.85. The molecule has 2 aliphatic carbocycles. The van der Waals surface area contributed by atoms with Crippen LogP contribution in [0.5, 0.6) is 0 Å². The fourth-order valence-corrected chi connectivity index (χ4v) is 6.72. The van der Waals surface area contributed by atoms with Gasteiger partial charge in [0.15, 0.2) is 4.33 Å². The number of hydrogen-bond donors (Lipinski definition) is 2. The van der Waals surface area contributed by atoms with E-state index in [1.807, 2.05) is 0 Å². The van der Waals surface area contributed by atoms with Gasteiger partial charge in [0.05, 0.1) is 37.6 Å². The molecule has 1 fully saturated rings. The average Bonchev–Trinajstić information content (AvgIpc) is 2.79. The number of carbonyl (C=O) groups excluding carboxylic acids is 1. The van der Waals surface area contributed by atoms with Crippen molar-refractivity contribution in [3.63, 3.8) is 0 Å². The van der Waals surface area contributed by atoms with Crippen molar-refractivity contribution >= 4 is 110 Å². The Bertz CT molecular complexity index is 903. The summed E-state index contributed by atoms with van der Waals surface area (Å²) in [5.41, 5.74) is 0.130. The zero-order chi connectivity index (χ0) is 20.5. The lowest BCUT2D eigenvalue weighted by molar-refractivity contribution is -0.146. The number of alkyl halides is 4. The SMILES string of the molecule is O=C(O)[C@@H]1[C@@H](C(=O)Nc2cccc(Cl)c2Cl)[C@]2(Cl)C(Cl)=C(Cl)[C@]1(Cl)C2(Cl)Cl. The first-order valence-electron chi connectivity index (χ1n) is 7.13. The number of hydrogen-bond acceptors (Lipinski definition) is 2. The van der Waals surface area contributed by atoms with E-state index in [4.69, 9.17) is 92.8 Å². The highest BCUT2D eigenvalue weighted by molar-refractivity contribution is 6.66. The molecule has 0 aliphatic heterocycles. The number of carboxylic acids is 1. The van der Waals surface area contributed by atoms with Gasteiger partial charge < -0.3 is 10.4 Å². The van der Waals surface area contributed by atoms with Crippen LogP contribution < -0.4 is 5.32 Å². The number of rotatable bonds is 3. The Kier molecular flexibility index (Phi) is 5.59. The van der Waals surface area contributed by atoms with Crippen LogP contribution in [0.2, 0.25) is 10.0 Å². The number of benzene rings is 1. The molecule has 12 heteroatoms. The van der Waals surface area contributed by atoms with Crippen LogP contribution in [0.15, 0.2) is 28.3 Å². The summed E-state index contributed by atoms with van der Waals surface area (Å²) in [5, 5.41) is 11.8. The first-order chi connectivity index (χ1) is 12.3. The third-order valence-corrected chi connectivity index (χ3v) is 9.77. The molecule has 0 saturated heterocycles. The molecular weight excluding hydrogens is 526 g/mol. The number of halogens is 8. The predicted molar refractivity (Wildman–Crippen MR) is 110 cm³/mol. The summed E-state index contributed by atoms with van der Waals surface area (Å²) in [5.74, 6) is -5.57. The standard InChI is InChI=1S/C15H7Cl8NO3/c16-4-2-1-3-5(8(4)17)24-11(25)6-7(12(26)27)14(21)10(19)9(18)13(6,20)15(14,22)23/h1-3,6-7H,(H,24,25)(H,26,27)/t6-,7-,13-,14-/m0/s1. The van der Waals surface area contributed by atoms with Crippen LogP contribution in [0.3, 0.4) is 0 Å². The van der Waals surface area contributed by atoms with Crippen molar-refractivity contribution in [3.05, 3.63) is 38.3 Å². The van der Waals surface area contributed by atoms with Gasteiger partial charge in [0.1, 0.15) is 9.75 Å². The second-order valence-corrected chi connectivity index (χ2v) is 10.1. The number of carbonyl (C=O) groups is 2. The number of allylic oxidation sites excluding steroid dienone is 2. The monoisotopic (exact) mass is 529 g/mol.